The Bertz CT molecular complexity index is 630. The van der Waals surface area contributed by atoms with Crippen molar-refractivity contribution in [3.05, 3.63) is 41.1 Å². The molecule has 1 amide bonds. The van der Waals surface area contributed by atoms with Crippen LogP contribution in [0.25, 0.3) is 0 Å². The van der Waals surface area contributed by atoms with Crippen LogP contribution in [0.4, 0.5) is 10.5 Å². The van der Waals surface area contributed by atoms with Crippen molar-refractivity contribution in [3.8, 4) is 0 Å². The van der Waals surface area contributed by atoms with Gasteiger partial charge in [-0.05, 0) is 58.2 Å². The zero-order valence-electron chi connectivity index (χ0n) is 14.9. The van der Waals surface area contributed by atoms with Crippen molar-refractivity contribution >= 4 is 17.7 Å². The second kappa shape index (κ2) is 8.38. The van der Waals surface area contributed by atoms with E-state index in [1.165, 1.54) is 0 Å². The fourth-order valence-corrected chi connectivity index (χ4v) is 2.08. The topological polar surface area (TPSA) is 87.7 Å². The highest BCUT2D eigenvalue weighted by Gasteiger charge is 2.15. The van der Waals surface area contributed by atoms with Gasteiger partial charge in [-0.25, -0.2) is 9.59 Å². The highest BCUT2D eigenvalue weighted by Crippen LogP contribution is 2.18. The molecule has 1 aromatic rings. The standard InChI is InChI=1S/C18H26N2O4/c1-12-10-14(8-9-19-17(23)24-18(3,4)5)6-7-15(12)20-13(2)11-16(21)22/h6-7,10-11,20H,8-9H2,1-5H3,(H,19,23)(H,21,22)/b13-11+. The van der Waals surface area contributed by atoms with Crippen LogP contribution < -0.4 is 10.6 Å². The Kier molecular flexibility index (Phi) is 6.82. The Balaban J connectivity index is 2.56. The quantitative estimate of drug-likeness (QED) is 0.693. The fraction of sp³-hybridized carbons (Fsp3) is 0.444. The molecule has 0 aliphatic carbocycles. The van der Waals surface area contributed by atoms with Gasteiger partial charge in [-0.15, -0.1) is 0 Å². The summed E-state index contributed by atoms with van der Waals surface area (Å²) in [6.45, 7) is 9.60. The monoisotopic (exact) mass is 334 g/mol. The molecule has 0 aliphatic rings. The Hall–Kier alpha value is -2.50. The highest BCUT2D eigenvalue weighted by molar-refractivity contribution is 5.81. The third-order valence-corrected chi connectivity index (χ3v) is 3.04. The second-order valence-electron chi connectivity index (χ2n) is 6.62. The average molecular weight is 334 g/mol. The normalized spacial score (nSPS) is 11.8. The van der Waals surface area contributed by atoms with Gasteiger partial charge >= 0.3 is 12.1 Å². The van der Waals surface area contributed by atoms with E-state index in [-0.39, 0.29) is 0 Å². The van der Waals surface area contributed by atoms with Crippen molar-refractivity contribution in [2.45, 2.75) is 46.6 Å². The van der Waals surface area contributed by atoms with E-state index < -0.39 is 17.7 Å². The largest absolute Gasteiger partial charge is 0.478 e. The van der Waals surface area contributed by atoms with Crippen molar-refractivity contribution in [2.24, 2.45) is 0 Å². The van der Waals surface area contributed by atoms with E-state index in [9.17, 15) is 9.59 Å². The first-order valence-corrected chi connectivity index (χ1v) is 7.81. The van der Waals surface area contributed by atoms with Gasteiger partial charge in [0.05, 0.1) is 0 Å². The molecule has 0 heterocycles. The molecule has 0 bridgehead atoms. The molecule has 0 aromatic heterocycles. The van der Waals surface area contributed by atoms with Crippen LogP contribution in [0.1, 0.15) is 38.8 Å². The Labute approximate surface area is 142 Å². The summed E-state index contributed by atoms with van der Waals surface area (Å²) >= 11 is 0. The minimum absolute atomic E-state index is 0.424. The number of anilines is 1. The van der Waals surface area contributed by atoms with Crippen molar-refractivity contribution < 1.29 is 19.4 Å². The number of hydrogen-bond donors (Lipinski definition) is 3. The molecule has 0 saturated carbocycles. The van der Waals surface area contributed by atoms with E-state index in [0.29, 0.717) is 18.7 Å². The van der Waals surface area contributed by atoms with Crippen LogP contribution in [-0.4, -0.2) is 29.3 Å². The number of carboxylic acid groups (broad SMARTS) is 1. The number of amides is 1. The first-order valence-electron chi connectivity index (χ1n) is 7.81. The molecule has 0 aliphatic heterocycles. The zero-order chi connectivity index (χ0) is 18.3. The molecule has 6 nitrogen and oxygen atoms in total. The molecule has 0 fully saturated rings. The summed E-state index contributed by atoms with van der Waals surface area (Å²) in [5.74, 6) is -0.984. The van der Waals surface area contributed by atoms with Gasteiger partial charge in [0.25, 0.3) is 0 Å². The van der Waals surface area contributed by atoms with Gasteiger partial charge in [0.15, 0.2) is 0 Å². The van der Waals surface area contributed by atoms with Crippen LogP contribution in [-0.2, 0) is 16.0 Å². The molecule has 0 unspecified atom stereocenters. The van der Waals surface area contributed by atoms with Crippen LogP contribution >= 0.6 is 0 Å². The van der Waals surface area contributed by atoms with Crippen molar-refractivity contribution in [3.63, 3.8) is 0 Å². The van der Waals surface area contributed by atoms with Gasteiger partial charge in [-0.1, -0.05) is 12.1 Å². The first kappa shape index (κ1) is 19.5. The lowest BCUT2D eigenvalue weighted by atomic mass is 10.1. The van der Waals surface area contributed by atoms with Crippen LogP contribution in [0, 0.1) is 6.92 Å². The number of ether oxygens (including phenoxy) is 1. The molecule has 1 rings (SSSR count). The van der Waals surface area contributed by atoms with E-state index in [0.717, 1.165) is 22.9 Å². The van der Waals surface area contributed by atoms with Crippen LogP contribution in [0.2, 0.25) is 0 Å². The summed E-state index contributed by atoms with van der Waals surface area (Å²) in [4.78, 5) is 22.2. The molecular formula is C18H26N2O4. The highest BCUT2D eigenvalue weighted by atomic mass is 16.6. The molecular weight excluding hydrogens is 308 g/mol. The molecule has 3 N–H and O–H groups in total. The fourth-order valence-electron chi connectivity index (χ4n) is 2.08. The van der Waals surface area contributed by atoms with E-state index in [1.54, 1.807) is 6.92 Å². The van der Waals surface area contributed by atoms with Gasteiger partial charge in [-0.3, -0.25) is 0 Å². The van der Waals surface area contributed by atoms with Crippen molar-refractivity contribution in [1.29, 1.82) is 0 Å². The molecule has 1 aromatic carbocycles. The number of allylic oxidation sites excluding steroid dienone is 1. The van der Waals surface area contributed by atoms with Crippen LogP contribution in [0.15, 0.2) is 30.0 Å². The van der Waals surface area contributed by atoms with Crippen LogP contribution in [0.5, 0.6) is 0 Å². The number of benzene rings is 1. The Morgan fingerprint density at radius 1 is 1.29 bits per heavy atom. The Morgan fingerprint density at radius 2 is 1.96 bits per heavy atom. The van der Waals surface area contributed by atoms with Gasteiger partial charge in [0.2, 0.25) is 0 Å². The molecule has 6 heteroatoms. The summed E-state index contributed by atoms with van der Waals surface area (Å²) in [6.07, 6.45) is 1.38. The predicted octanol–water partition coefficient (Wildman–Crippen LogP) is 3.46. The molecule has 0 atom stereocenters. The van der Waals surface area contributed by atoms with Crippen molar-refractivity contribution in [1.82, 2.24) is 5.32 Å². The number of nitrogens with one attached hydrogen (secondary N) is 2. The third-order valence-electron chi connectivity index (χ3n) is 3.04. The van der Waals surface area contributed by atoms with Gasteiger partial charge in [-0.2, -0.15) is 0 Å². The maximum absolute atomic E-state index is 11.6. The minimum Gasteiger partial charge on any atom is -0.478 e. The summed E-state index contributed by atoms with van der Waals surface area (Å²) in [5.41, 5.74) is 2.99. The number of hydrogen-bond acceptors (Lipinski definition) is 4. The number of rotatable bonds is 6. The minimum atomic E-state index is -0.984. The lowest BCUT2D eigenvalue weighted by Gasteiger charge is -2.19. The summed E-state index contributed by atoms with van der Waals surface area (Å²) in [7, 11) is 0. The molecule has 24 heavy (non-hydrogen) atoms. The molecule has 0 saturated heterocycles. The number of carbonyl (C=O) groups is 2. The maximum Gasteiger partial charge on any atom is 0.407 e. The van der Waals surface area contributed by atoms with E-state index in [1.807, 2.05) is 45.9 Å². The number of alkyl carbamates (subject to hydrolysis) is 1. The lowest BCUT2D eigenvalue weighted by Crippen LogP contribution is -2.33. The number of carbonyl (C=O) groups excluding carboxylic acids is 1. The zero-order valence-corrected chi connectivity index (χ0v) is 14.9. The van der Waals surface area contributed by atoms with E-state index in [2.05, 4.69) is 10.6 Å². The van der Waals surface area contributed by atoms with Gasteiger partial charge < -0.3 is 20.5 Å². The lowest BCUT2D eigenvalue weighted by molar-refractivity contribution is -0.131. The van der Waals surface area contributed by atoms with E-state index in [4.69, 9.17) is 9.84 Å². The molecule has 132 valence electrons. The van der Waals surface area contributed by atoms with Crippen LogP contribution in [0.3, 0.4) is 0 Å². The van der Waals surface area contributed by atoms with Crippen molar-refractivity contribution in [2.75, 3.05) is 11.9 Å². The first-order chi connectivity index (χ1) is 11.1. The number of carboxylic acids is 1. The van der Waals surface area contributed by atoms with Gasteiger partial charge in [0, 0.05) is 24.0 Å². The second-order valence-corrected chi connectivity index (χ2v) is 6.62. The summed E-state index contributed by atoms with van der Waals surface area (Å²) < 4.78 is 5.18. The predicted molar refractivity (Wildman–Crippen MR) is 94.1 cm³/mol. The summed E-state index contributed by atoms with van der Waals surface area (Å²) in [5, 5.41) is 14.5. The van der Waals surface area contributed by atoms with Gasteiger partial charge in [0.1, 0.15) is 5.60 Å². The number of aliphatic carboxylic acids is 1. The number of aryl methyl sites for hydroxylation is 1. The Morgan fingerprint density at radius 3 is 2.50 bits per heavy atom. The average Bonchev–Trinajstić information content (AvgIpc) is 2.38. The molecule has 0 spiro atoms. The maximum atomic E-state index is 11.6. The SMILES string of the molecule is C/C(=C\C(=O)O)Nc1ccc(CCNC(=O)OC(C)(C)C)cc1C. The molecule has 0 radical (unpaired) electrons. The summed E-state index contributed by atoms with van der Waals surface area (Å²) in [6, 6.07) is 5.85. The third kappa shape index (κ3) is 7.67. The van der Waals surface area contributed by atoms with E-state index >= 15 is 0 Å². The smallest absolute Gasteiger partial charge is 0.407 e.